The summed E-state index contributed by atoms with van der Waals surface area (Å²) in [5.74, 6) is 0.846. The van der Waals surface area contributed by atoms with Gasteiger partial charge in [-0.05, 0) is 44.2 Å². The van der Waals surface area contributed by atoms with Crippen LogP contribution in [-0.4, -0.2) is 45.9 Å². The van der Waals surface area contributed by atoms with Crippen molar-refractivity contribution >= 4 is 17.6 Å². The van der Waals surface area contributed by atoms with Gasteiger partial charge in [0.2, 0.25) is 0 Å². The SMILES string of the molecule is CCOc1ccc(C(=O)OCC(=O)Nc2ccc(OC)cc2OC)cc1OCC. The Labute approximate surface area is 169 Å². The fourth-order valence-corrected chi connectivity index (χ4v) is 2.48. The van der Waals surface area contributed by atoms with E-state index in [2.05, 4.69) is 5.32 Å². The zero-order valence-corrected chi connectivity index (χ0v) is 16.9. The molecule has 0 aliphatic carbocycles. The topological polar surface area (TPSA) is 92.3 Å². The molecule has 0 aromatic heterocycles. The van der Waals surface area contributed by atoms with Gasteiger partial charge < -0.3 is 29.0 Å². The fraction of sp³-hybridized carbons (Fsp3) is 0.333. The molecule has 2 aromatic rings. The summed E-state index contributed by atoms with van der Waals surface area (Å²) in [6, 6.07) is 9.67. The van der Waals surface area contributed by atoms with Gasteiger partial charge in [-0.1, -0.05) is 0 Å². The predicted molar refractivity (Wildman–Crippen MR) is 107 cm³/mol. The van der Waals surface area contributed by atoms with Gasteiger partial charge in [-0.15, -0.1) is 0 Å². The summed E-state index contributed by atoms with van der Waals surface area (Å²) in [5, 5.41) is 2.64. The van der Waals surface area contributed by atoms with E-state index in [-0.39, 0.29) is 5.56 Å². The molecule has 29 heavy (non-hydrogen) atoms. The molecule has 156 valence electrons. The van der Waals surface area contributed by atoms with Crippen molar-refractivity contribution in [2.24, 2.45) is 0 Å². The molecule has 0 bridgehead atoms. The Morgan fingerprint density at radius 2 is 1.59 bits per heavy atom. The van der Waals surface area contributed by atoms with Crippen LogP contribution in [0.1, 0.15) is 24.2 Å². The number of amides is 1. The molecule has 0 saturated heterocycles. The first-order valence-electron chi connectivity index (χ1n) is 9.11. The van der Waals surface area contributed by atoms with E-state index < -0.39 is 18.5 Å². The average molecular weight is 403 g/mol. The van der Waals surface area contributed by atoms with Gasteiger partial charge in [0.15, 0.2) is 18.1 Å². The lowest BCUT2D eigenvalue weighted by Crippen LogP contribution is -2.21. The van der Waals surface area contributed by atoms with Gasteiger partial charge in [-0.25, -0.2) is 4.79 Å². The molecule has 0 atom stereocenters. The van der Waals surface area contributed by atoms with E-state index in [9.17, 15) is 9.59 Å². The van der Waals surface area contributed by atoms with Crippen LogP contribution in [0.2, 0.25) is 0 Å². The van der Waals surface area contributed by atoms with Crippen LogP contribution in [0, 0.1) is 0 Å². The van der Waals surface area contributed by atoms with Gasteiger partial charge in [0.05, 0.1) is 38.7 Å². The highest BCUT2D eigenvalue weighted by Crippen LogP contribution is 2.30. The predicted octanol–water partition coefficient (Wildman–Crippen LogP) is 3.30. The monoisotopic (exact) mass is 403 g/mol. The molecule has 2 rings (SSSR count). The molecule has 1 amide bonds. The summed E-state index contributed by atoms with van der Waals surface area (Å²) in [5.41, 5.74) is 0.695. The molecular weight excluding hydrogens is 378 g/mol. The molecule has 0 fully saturated rings. The zero-order chi connectivity index (χ0) is 21.2. The molecule has 0 aliphatic heterocycles. The Morgan fingerprint density at radius 1 is 0.862 bits per heavy atom. The average Bonchev–Trinajstić information content (AvgIpc) is 2.73. The third kappa shape index (κ3) is 6.03. The molecule has 1 N–H and O–H groups in total. The number of nitrogens with one attached hydrogen (secondary N) is 1. The Bertz CT molecular complexity index is 851. The van der Waals surface area contributed by atoms with Crippen LogP contribution in [0.4, 0.5) is 5.69 Å². The number of ether oxygens (including phenoxy) is 5. The first-order chi connectivity index (χ1) is 14.0. The Morgan fingerprint density at radius 3 is 2.24 bits per heavy atom. The highest BCUT2D eigenvalue weighted by atomic mass is 16.5. The fourth-order valence-electron chi connectivity index (χ4n) is 2.48. The first-order valence-corrected chi connectivity index (χ1v) is 9.11. The van der Waals surface area contributed by atoms with E-state index in [1.165, 1.54) is 20.3 Å². The number of carbonyl (C=O) groups excluding carboxylic acids is 2. The van der Waals surface area contributed by atoms with Gasteiger partial charge in [0, 0.05) is 6.07 Å². The minimum atomic E-state index is -0.647. The van der Waals surface area contributed by atoms with E-state index in [4.69, 9.17) is 23.7 Å². The number of hydrogen-bond acceptors (Lipinski definition) is 7. The Hall–Kier alpha value is -3.42. The third-order valence-corrected chi connectivity index (χ3v) is 3.80. The van der Waals surface area contributed by atoms with E-state index in [1.807, 2.05) is 13.8 Å². The van der Waals surface area contributed by atoms with Gasteiger partial charge in [-0.2, -0.15) is 0 Å². The van der Waals surface area contributed by atoms with E-state index in [0.717, 1.165) is 0 Å². The van der Waals surface area contributed by atoms with Crippen molar-refractivity contribution in [3.63, 3.8) is 0 Å². The summed E-state index contributed by atoms with van der Waals surface area (Å²) < 4.78 is 26.4. The third-order valence-electron chi connectivity index (χ3n) is 3.80. The zero-order valence-electron chi connectivity index (χ0n) is 16.9. The number of hydrogen-bond donors (Lipinski definition) is 1. The lowest BCUT2D eigenvalue weighted by molar-refractivity contribution is -0.119. The van der Waals surface area contributed by atoms with Gasteiger partial charge in [-0.3, -0.25) is 4.79 Å². The molecule has 8 nitrogen and oxygen atoms in total. The second kappa shape index (κ2) is 10.8. The van der Waals surface area contributed by atoms with Crippen LogP contribution in [0.5, 0.6) is 23.0 Å². The maximum absolute atomic E-state index is 12.3. The Kier molecular flexibility index (Phi) is 8.14. The van der Waals surface area contributed by atoms with Crippen molar-refractivity contribution in [2.45, 2.75) is 13.8 Å². The minimum Gasteiger partial charge on any atom is -0.497 e. The van der Waals surface area contributed by atoms with Crippen molar-refractivity contribution in [1.29, 1.82) is 0 Å². The molecule has 8 heteroatoms. The number of benzene rings is 2. The lowest BCUT2D eigenvalue weighted by Gasteiger charge is -2.13. The number of anilines is 1. The summed E-state index contributed by atoms with van der Waals surface area (Å²) in [6.07, 6.45) is 0. The van der Waals surface area contributed by atoms with Crippen LogP contribution in [0.3, 0.4) is 0 Å². The number of carbonyl (C=O) groups is 2. The van der Waals surface area contributed by atoms with Crippen LogP contribution < -0.4 is 24.3 Å². The second-order valence-electron chi connectivity index (χ2n) is 5.72. The normalized spacial score (nSPS) is 10.1. The van der Waals surface area contributed by atoms with E-state index in [0.29, 0.717) is 41.9 Å². The molecule has 2 aromatic carbocycles. The summed E-state index contributed by atoms with van der Waals surface area (Å²) in [6.45, 7) is 4.13. The largest absolute Gasteiger partial charge is 0.497 e. The van der Waals surface area contributed by atoms with Crippen molar-refractivity contribution < 1.29 is 33.3 Å². The van der Waals surface area contributed by atoms with Gasteiger partial charge in [0.25, 0.3) is 5.91 Å². The molecule has 0 unspecified atom stereocenters. The van der Waals surface area contributed by atoms with Crippen molar-refractivity contribution in [2.75, 3.05) is 39.4 Å². The minimum absolute atomic E-state index is 0.256. The smallest absolute Gasteiger partial charge is 0.338 e. The van der Waals surface area contributed by atoms with Gasteiger partial charge in [0.1, 0.15) is 11.5 Å². The van der Waals surface area contributed by atoms with Crippen LogP contribution in [-0.2, 0) is 9.53 Å². The highest BCUT2D eigenvalue weighted by molar-refractivity contribution is 5.96. The van der Waals surface area contributed by atoms with Crippen LogP contribution >= 0.6 is 0 Å². The molecule has 0 aliphatic rings. The van der Waals surface area contributed by atoms with Crippen molar-refractivity contribution in [1.82, 2.24) is 0 Å². The standard InChI is InChI=1S/C21H25NO7/c1-5-27-17-10-7-14(11-19(17)28-6-2)21(24)29-13-20(23)22-16-9-8-15(25-3)12-18(16)26-4/h7-12H,5-6,13H2,1-4H3,(H,22,23). The maximum atomic E-state index is 12.3. The summed E-state index contributed by atoms with van der Waals surface area (Å²) in [4.78, 5) is 24.5. The van der Waals surface area contributed by atoms with Crippen molar-refractivity contribution in [3.05, 3.63) is 42.0 Å². The van der Waals surface area contributed by atoms with E-state index in [1.54, 1.807) is 30.3 Å². The summed E-state index contributed by atoms with van der Waals surface area (Å²) in [7, 11) is 3.01. The van der Waals surface area contributed by atoms with E-state index >= 15 is 0 Å². The maximum Gasteiger partial charge on any atom is 0.338 e. The Balaban J connectivity index is 2.00. The number of methoxy groups -OCH3 is 2. The highest BCUT2D eigenvalue weighted by Gasteiger charge is 2.15. The molecule has 0 spiro atoms. The second-order valence-corrected chi connectivity index (χ2v) is 5.72. The van der Waals surface area contributed by atoms with Crippen LogP contribution in [0.15, 0.2) is 36.4 Å². The molecule has 0 radical (unpaired) electrons. The van der Waals surface area contributed by atoms with Crippen molar-refractivity contribution in [3.8, 4) is 23.0 Å². The molecule has 0 saturated carbocycles. The molecular formula is C21H25NO7. The lowest BCUT2D eigenvalue weighted by atomic mass is 10.2. The quantitative estimate of drug-likeness (QED) is 0.609. The first kappa shape index (κ1) is 21.9. The number of esters is 1. The van der Waals surface area contributed by atoms with Crippen LogP contribution in [0.25, 0.3) is 0 Å². The summed E-state index contributed by atoms with van der Waals surface area (Å²) >= 11 is 0. The molecule has 0 heterocycles. The van der Waals surface area contributed by atoms with Gasteiger partial charge >= 0.3 is 5.97 Å². The number of rotatable bonds is 10.